The summed E-state index contributed by atoms with van der Waals surface area (Å²) in [7, 11) is 0. The highest BCUT2D eigenvalue weighted by Gasteiger charge is 2.29. The van der Waals surface area contributed by atoms with Crippen LogP contribution in [0.3, 0.4) is 0 Å². The van der Waals surface area contributed by atoms with Crippen LogP contribution in [0.1, 0.15) is 37.8 Å². The fourth-order valence-corrected chi connectivity index (χ4v) is 3.66. The minimum absolute atomic E-state index is 0.0208. The minimum Gasteiger partial charge on any atom is -0.480 e. The van der Waals surface area contributed by atoms with Crippen molar-refractivity contribution in [2.45, 2.75) is 38.3 Å². The van der Waals surface area contributed by atoms with Crippen LogP contribution in [0.2, 0.25) is 0 Å². The number of benzene rings is 2. The van der Waals surface area contributed by atoms with Crippen molar-refractivity contribution < 1.29 is 24.2 Å². The lowest BCUT2D eigenvalue weighted by Crippen LogP contribution is -2.47. The molecule has 0 heterocycles. The van der Waals surface area contributed by atoms with Crippen LogP contribution in [0.4, 0.5) is 4.79 Å². The molecule has 0 radical (unpaired) electrons. The Bertz CT molecular complexity index is 877. The van der Waals surface area contributed by atoms with Gasteiger partial charge in [0, 0.05) is 12.5 Å². The molecule has 7 heteroatoms. The van der Waals surface area contributed by atoms with E-state index in [0.717, 1.165) is 11.1 Å². The first-order valence-corrected chi connectivity index (χ1v) is 10.4. The smallest absolute Gasteiger partial charge is 0.407 e. The number of carboxylic acids is 1. The van der Waals surface area contributed by atoms with Crippen LogP contribution >= 0.6 is 0 Å². The maximum atomic E-state index is 12.5. The number of rotatable bonds is 9. The summed E-state index contributed by atoms with van der Waals surface area (Å²) in [5.41, 5.74) is 4.25. The second-order valence-corrected chi connectivity index (χ2v) is 8.61. The number of aliphatic carboxylic acids is 1. The summed E-state index contributed by atoms with van der Waals surface area (Å²) in [5.74, 6) is -0.982. The van der Waals surface area contributed by atoms with Crippen molar-refractivity contribution in [3.8, 4) is 11.1 Å². The third-order valence-corrected chi connectivity index (χ3v) is 5.05. The number of nitrogens with one attached hydrogen (secondary N) is 2. The molecule has 0 saturated heterocycles. The summed E-state index contributed by atoms with van der Waals surface area (Å²) in [5, 5.41) is 14.4. The van der Waals surface area contributed by atoms with Crippen LogP contribution in [0, 0.1) is 0 Å². The first-order chi connectivity index (χ1) is 14.7. The van der Waals surface area contributed by atoms with Gasteiger partial charge in [-0.2, -0.15) is 0 Å². The minimum atomic E-state index is -0.961. The van der Waals surface area contributed by atoms with Gasteiger partial charge in [0.1, 0.15) is 6.61 Å². The number of carboxylic acid groups (broad SMARTS) is 1. The van der Waals surface area contributed by atoms with E-state index in [1.54, 1.807) is 0 Å². The van der Waals surface area contributed by atoms with Crippen molar-refractivity contribution in [3.05, 3.63) is 59.7 Å². The molecule has 0 bridgehead atoms. The molecule has 0 aliphatic heterocycles. The monoisotopic (exact) mass is 426 g/mol. The van der Waals surface area contributed by atoms with Gasteiger partial charge in [-0.25, -0.2) is 4.79 Å². The van der Waals surface area contributed by atoms with Crippen molar-refractivity contribution in [3.63, 3.8) is 0 Å². The molecule has 3 rings (SSSR count). The number of ether oxygens (including phenoxy) is 2. The summed E-state index contributed by atoms with van der Waals surface area (Å²) in [4.78, 5) is 23.3. The molecular weight excluding hydrogens is 396 g/mol. The van der Waals surface area contributed by atoms with E-state index in [1.807, 2.05) is 45.0 Å². The molecule has 166 valence electrons. The van der Waals surface area contributed by atoms with Gasteiger partial charge in [0.2, 0.25) is 0 Å². The van der Waals surface area contributed by atoms with Crippen molar-refractivity contribution in [2.24, 2.45) is 0 Å². The maximum absolute atomic E-state index is 12.5. The summed E-state index contributed by atoms with van der Waals surface area (Å²) in [6.45, 7) is 6.27. The first-order valence-electron chi connectivity index (χ1n) is 10.4. The fourth-order valence-electron chi connectivity index (χ4n) is 3.66. The normalized spacial score (nSPS) is 13.9. The van der Waals surface area contributed by atoms with Crippen LogP contribution in [0.5, 0.6) is 0 Å². The molecule has 0 fully saturated rings. The van der Waals surface area contributed by atoms with E-state index in [2.05, 4.69) is 34.9 Å². The van der Waals surface area contributed by atoms with Gasteiger partial charge < -0.3 is 25.2 Å². The molecule has 1 amide bonds. The molecule has 2 aromatic carbocycles. The Morgan fingerprint density at radius 3 is 2.16 bits per heavy atom. The van der Waals surface area contributed by atoms with E-state index in [0.29, 0.717) is 0 Å². The lowest BCUT2D eigenvalue weighted by Gasteiger charge is -2.25. The highest BCUT2D eigenvalue weighted by molar-refractivity contribution is 5.79. The van der Waals surface area contributed by atoms with Gasteiger partial charge in [0.25, 0.3) is 0 Å². The van der Waals surface area contributed by atoms with E-state index in [-0.39, 0.29) is 37.8 Å². The lowest BCUT2D eigenvalue weighted by molar-refractivity contribution is -0.136. The van der Waals surface area contributed by atoms with Gasteiger partial charge in [0.15, 0.2) is 0 Å². The Balaban J connectivity index is 1.61. The molecule has 1 aliphatic carbocycles. The van der Waals surface area contributed by atoms with Crippen molar-refractivity contribution in [2.75, 3.05) is 26.3 Å². The largest absolute Gasteiger partial charge is 0.480 e. The van der Waals surface area contributed by atoms with Crippen LogP contribution in [-0.4, -0.2) is 55.1 Å². The zero-order valence-electron chi connectivity index (χ0n) is 18.2. The number of carbonyl (C=O) groups is 2. The van der Waals surface area contributed by atoms with Gasteiger partial charge in [-0.3, -0.25) is 4.79 Å². The second kappa shape index (κ2) is 9.94. The molecule has 0 unspecified atom stereocenters. The topological polar surface area (TPSA) is 96.9 Å². The van der Waals surface area contributed by atoms with E-state index >= 15 is 0 Å². The van der Waals surface area contributed by atoms with Gasteiger partial charge in [-0.05, 0) is 43.0 Å². The summed E-state index contributed by atoms with van der Waals surface area (Å²) >= 11 is 0. The van der Waals surface area contributed by atoms with Crippen LogP contribution < -0.4 is 10.6 Å². The summed E-state index contributed by atoms with van der Waals surface area (Å²) in [6.07, 6.45) is -0.554. The van der Waals surface area contributed by atoms with Crippen molar-refractivity contribution in [1.29, 1.82) is 0 Å². The fraction of sp³-hybridized carbons (Fsp3) is 0.417. The predicted octanol–water partition coefficient (Wildman–Crippen LogP) is 3.38. The lowest BCUT2D eigenvalue weighted by atomic mass is 9.98. The molecule has 7 nitrogen and oxygen atoms in total. The second-order valence-electron chi connectivity index (χ2n) is 8.61. The Hall–Kier alpha value is -2.90. The molecule has 0 aromatic heterocycles. The van der Waals surface area contributed by atoms with Crippen molar-refractivity contribution in [1.82, 2.24) is 10.6 Å². The highest BCUT2D eigenvalue weighted by Crippen LogP contribution is 2.44. The van der Waals surface area contributed by atoms with E-state index < -0.39 is 18.1 Å². The van der Waals surface area contributed by atoms with Crippen LogP contribution in [0.15, 0.2) is 48.5 Å². The van der Waals surface area contributed by atoms with Gasteiger partial charge in [0.05, 0.1) is 24.8 Å². The first kappa shape index (κ1) is 22.8. The van der Waals surface area contributed by atoms with Gasteiger partial charge in [-0.1, -0.05) is 48.5 Å². The number of fused-ring (bicyclic) bond motifs is 3. The molecule has 0 spiro atoms. The van der Waals surface area contributed by atoms with Gasteiger partial charge in [-0.15, -0.1) is 0 Å². The average Bonchev–Trinajstić information content (AvgIpc) is 3.03. The van der Waals surface area contributed by atoms with Gasteiger partial charge >= 0.3 is 12.1 Å². The zero-order valence-corrected chi connectivity index (χ0v) is 18.2. The van der Waals surface area contributed by atoms with Crippen LogP contribution in [-0.2, 0) is 14.3 Å². The Kier molecular flexibility index (Phi) is 7.30. The molecule has 0 saturated carbocycles. The Morgan fingerprint density at radius 2 is 1.61 bits per heavy atom. The standard InChI is InChI=1S/C24H30N2O5/c1-24(2,3)31-14-16(12-25-13-22(27)28)26-23(29)30-15-21-19-10-6-4-8-17(19)18-9-5-7-11-20(18)21/h4-11,16,21,25H,12-15H2,1-3H3,(H,26,29)(H,27,28)/t16-/m1/s1. The zero-order chi connectivity index (χ0) is 22.4. The number of hydrogen-bond acceptors (Lipinski definition) is 5. The quantitative estimate of drug-likeness (QED) is 0.569. The molecule has 2 aromatic rings. The number of carbonyl (C=O) groups excluding carboxylic acids is 1. The third-order valence-electron chi connectivity index (χ3n) is 5.05. The highest BCUT2D eigenvalue weighted by atomic mass is 16.5. The SMILES string of the molecule is CC(C)(C)OC[C@@H](CNCC(=O)O)NC(=O)OCC1c2ccccc2-c2ccccc21. The Morgan fingerprint density at radius 1 is 1.03 bits per heavy atom. The molecule has 31 heavy (non-hydrogen) atoms. The van der Waals surface area contributed by atoms with Crippen LogP contribution in [0.25, 0.3) is 11.1 Å². The Labute approximate surface area is 182 Å². The number of alkyl carbamates (subject to hydrolysis) is 1. The van der Waals surface area contributed by atoms with E-state index in [9.17, 15) is 9.59 Å². The number of amides is 1. The van der Waals surface area contributed by atoms with E-state index in [1.165, 1.54) is 11.1 Å². The maximum Gasteiger partial charge on any atom is 0.407 e. The average molecular weight is 427 g/mol. The third kappa shape index (κ3) is 6.29. The van der Waals surface area contributed by atoms with E-state index in [4.69, 9.17) is 14.6 Å². The number of hydrogen-bond donors (Lipinski definition) is 3. The summed E-state index contributed by atoms with van der Waals surface area (Å²) < 4.78 is 11.3. The molecular formula is C24H30N2O5. The summed E-state index contributed by atoms with van der Waals surface area (Å²) in [6, 6.07) is 15.9. The molecule has 1 aliphatic rings. The molecule has 3 N–H and O–H groups in total. The van der Waals surface area contributed by atoms with Crippen molar-refractivity contribution >= 4 is 12.1 Å². The predicted molar refractivity (Wildman–Crippen MR) is 118 cm³/mol. The molecule has 1 atom stereocenters.